The topological polar surface area (TPSA) is 28.4 Å². The van der Waals surface area contributed by atoms with Gasteiger partial charge in [0.25, 0.3) is 0 Å². The number of fused-ring (bicyclic) bond motifs is 1. The molecule has 0 radical (unpaired) electrons. The second-order valence-electron chi connectivity index (χ2n) is 5.32. The van der Waals surface area contributed by atoms with Crippen molar-refractivity contribution in [3.05, 3.63) is 21.0 Å². The summed E-state index contributed by atoms with van der Waals surface area (Å²) in [7, 11) is 0. The SMILES string of the molecule is CCC1C2CNCC2CN1Cc1cc(Br)c(Br)o1. The monoisotopic (exact) mass is 376 g/mol. The fourth-order valence-electron chi connectivity index (χ4n) is 3.52. The highest BCUT2D eigenvalue weighted by Gasteiger charge is 2.43. The van der Waals surface area contributed by atoms with Gasteiger partial charge in [-0.25, -0.2) is 0 Å². The van der Waals surface area contributed by atoms with Crippen molar-refractivity contribution in [3.63, 3.8) is 0 Å². The number of furan rings is 1. The molecule has 3 rings (SSSR count). The molecule has 100 valence electrons. The lowest BCUT2D eigenvalue weighted by molar-refractivity contribution is 0.194. The maximum atomic E-state index is 5.70. The van der Waals surface area contributed by atoms with Gasteiger partial charge in [-0.2, -0.15) is 0 Å². The minimum atomic E-state index is 0.702. The smallest absolute Gasteiger partial charge is 0.183 e. The average molecular weight is 378 g/mol. The Balaban J connectivity index is 1.72. The lowest BCUT2D eigenvalue weighted by Crippen LogP contribution is -2.34. The van der Waals surface area contributed by atoms with Crippen LogP contribution in [0.25, 0.3) is 0 Å². The summed E-state index contributed by atoms with van der Waals surface area (Å²) < 4.78 is 7.51. The Hall–Kier alpha value is 0.160. The minimum Gasteiger partial charge on any atom is -0.452 e. The van der Waals surface area contributed by atoms with E-state index in [2.05, 4.69) is 55.1 Å². The quantitative estimate of drug-likeness (QED) is 0.876. The van der Waals surface area contributed by atoms with Crippen LogP contribution in [0.3, 0.4) is 0 Å². The Bertz CT molecular complexity index is 415. The Kier molecular flexibility index (Phi) is 3.85. The van der Waals surface area contributed by atoms with Crippen LogP contribution in [0.15, 0.2) is 19.6 Å². The van der Waals surface area contributed by atoms with Gasteiger partial charge in [0.05, 0.1) is 11.0 Å². The van der Waals surface area contributed by atoms with Gasteiger partial charge in [0.2, 0.25) is 0 Å². The molecule has 3 atom stereocenters. The summed E-state index contributed by atoms with van der Waals surface area (Å²) in [5, 5.41) is 3.52. The number of likely N-dealkylation sites (tertiary alicyclic amines) is 1. The lowest BCUT2D eigenvalue weighted by Gasteiger charge is -2.25. The molecule has 2 saturated heterocycles. The van der Waals surface area contributed by atoms with E-state index in [-0.39, 0.29) is 0 Å². The van der Waals surface area contributed by atoms with Crippen molar-refractivity contribution in [2.75, 3.05) is 19.6 Å². The minimum absolute atomic E-state index is 0.702. The van der Waals surface area contributed by atoms with E-state index in [1.807, 2.05) is 0 Å². The van der Waals surface area contributed by atoms with Gasteiger partial charge < -0.3 is 9.73 Å². The maximum absolute atomic E-state index is 5.70. The van der Waals surface area contributed by atoms with Crippen molar-refractivity contribution in [2.24, 2.45) is 11.8 Å². The number of hydrogen-bond donors (Lipinski definition) is 1. The largest absolute Gasteiger partial charge is 0.452 e. The van der Waals surface area contributed by atoms with Gasteiger partial charge in [0, 0.05) is 12.6 Å². The summed E-state index contributed by atoms with van der Waals surface area (Å²) in [4.78, 5) is 2.59. The molecule has 3 unspecified atom stereocenters. The summed E-state index contributed by atoms with van der Waals surface area (Å²) in [5.41, 5.74) is 0. The lowest BCUT2D eigenvalue weighted by atomic mass is 9.93. The van der Waals surface area contributed by atoms with Gasteiger partial charge in [-0.1, -0.05) is 6.92 Å². The highest BCUT2D eigenvalue weighted by Crippen LogP contribution is 2.36. The van der Waals surface area contributed by atoms with Gasteiger partial charge in [-0.15, -0.1) is 0 Å². The highest BCUT2D eigenvalue weighted by atomic mass is 79.9. The van der Waals surface area contributed by atoms with Crippen molar-refractivity contribution in [3.8, 4) is 0 Å². The van der Waals surface area contributed by atoms with E-state index < -0.39 is 0 Å². The fourth-order valence-corrected chi connectivity index (χ4v) is 4.18. The normalized spacial score (nSPS) is 32.1. The maximum Gasteiger partial charge on any atom is 0.183 e. The van der Waals surface area contributed by atoms with Crippen LogP contribution in [-0.2, 0) is 6.54 Å². The predicted molar refractivity (Wildman–Crippen MR) is 78.4 cm³/mol. The number of halogens is 2. The Morgan fingerprint density at radius 3 is 2.94 bits per heavy atom. The molecule has 1 N–H and O–H groups in total. The predicted octanol–water partition coefficient (Wildman–Crippen LogP) is 3.23. The van der Waals surface area contributed by atoms with Crippen LogP contribution < -0.4 is 5.32 Å². The third-order valence-corrected chi connectivity index (χ3v) is 6.01. The van der Waals surface area contributed by atoms with Crippen LogP contribution in [0.2, 0.25) is 0 Å². The van der Waals surface area contributed by atoms with Gasteiger partial charge in [0.15, 0.2) is 4.67 Å². The van der Waals surface area contributed by atoms with Crippen molar-refractivity contribution in [2.45, 2.75) is 25.9 Å². The van der Waals surface area contributed by atoms with E-state index in [4.69, 9.17) is 4.42 Å². The number of nitrogens with zero attached hydrogens (tertiary/aromatic N) is 1. The van der Waals surface area contributed by atoms with Crippen LogP contribution in [-0.4, -0.2) is 30.6 Å². The first-order valence-electron chi connectivity index (χ1n) is 6.57. The summed E-state index contributed by atoms with van der Waals surface area (Å²) in [6.07, 6.45) is 1.23. The molecule has 5 heteroatoms. The molecule has 0 saturated carbocycles. The van der Waals surface area contributed by atoms with Crippen LogP contribution >= 0.6 is 31.9 Å². The van der Waals surface area contributed by atoms with E-state index in [9.17, 15) is 0 Å². The van der Waals surface area contributed by atoms with E-state index in [0.29, 0.717) is 6.04 Å². The molecule has 0 bridgehead atoms. The molecule has 1 aromatic heterocycles. The Morgan fingerprint density at radius 2 is 2.28 bits per heavy atom. The molecule has 0 aromatic carbocycles. The van der Waals surface area contributed by atoms with Gasteiger partial charge >= 0.3 is 0 Å². The molecule has 3 heterocycles. The molecular weight excluding hydrogens is 360 g/mol. The standard InChI is InChI=1S/C13H18Br2N2O/c1-2-12-10-5-16-4-8(10)6-17(12)7-9-3-11(14)13(15)18-9/h3,8,10,12,16H,2,4-7H2,1H3. The number of nitrogens with one attached hydrogen (secondary N) is 1. The van der Waals surface area contributed by atoms with Crippen LogP contribution in [0.4, 0.5) is 0 Å². The molecule has 18 heavy (non-hydrogen) atoms. The first kappa shape index (κ1) is 13.2. The first-order valence-corrected chi connectivity index (χ1v) is 8.16. The van der Waals surface area contributed by atoms with Crippen molar-refractivity contribution in [1.82, 2.24) is 10.2 Å². The summed E-state index contributed by atoms with van der Waals surface area (Å²) >= 11 is 6.88. The first-order chi connectivity index (χ1) is 8.69. The van der Waals surface area contributed by atoms with Crippen LogP contribution in [0.5, 0.6) is 0 Å². The molecule has 0 spiro atoms. The number of hydrogen-bond acceptors (Lipinski definition) is 3. The van der Waals surface area contributed by atoms with Crippen LogP contribution in [0.1, 0.15) is 19.1 Å². The van der Waals surface area contributed by atoms with Gasteiger partial charge in [-0.3, -0.25) is 4.90 Å². The molecule has 2 aliphatic rings. The summed E-state index contributed by atoms with van der Waals surface area (Å²) in [6.45, 7) is 6.79. The fraction of sp³-hybridized carbons (Fsp3) is 0.692. The molecule has 1 aromatic rings. The molecule has 0 amide bonds. The molecule has 2 aliphatic heterocycles. The van der Waals surface area contributed by atoms with Gasteiger partial charge in [-0.05, 0) is 69.3 Å². The van der Waals surface area contributed by atoms with E-state index >= 15 is 0 Å². The van der Waals surface area contributed by atoms with E-state index in [1.165, 1.54) is 26.1 Å². The molecular formula is C13H18Br2N2O. The third kappa shape index (κ3) is 2.30. The van der Waals surface area contributed by atoms with Crippen molar-refractivity contribution >= 4 is 31.9 Å². The van der Waals surface area contributed by atoms with Gasteiger partial charge in [0.1, 0.15) is 5.76 Å². The highest BCUT2D eigenvalue weighted by molar-refractivity contribution is 9.13. The second-order valence-corrected chi connectivity index (χ2v) is 6.90. The molecule has 0 aliphatic carbocycles. The summed E-state index contributed by atoms with van der Waals surface area (Å²) in [6, 6.07) is 2.77. The second kappa shape index (κ2) is 5.27. The summed E-state index contributed by atoms with van der Waals surface area (Å²) in [5.74, 6) is 2.70. The van der Waals surface area contributed by atoms with E-state index in [0.717, 1.165) is 33.3 Å². The zero-order valence-corrected chi connectivity index (χ0v) is 13.6. The Morgan fingerprint density at radius 1 is 1.44 bits per heavy atom. The molecule has 3 nitrogen and oxygen atoms in total. The van der Waals surface area contributed by atoms with Crippen molar-refractivity contribution < 1.29 is 4.42 Å². The third-order valence-electron chi connectivity index (χ3n) is 4.30. The number of rotatable bonds is 3. The van der Waals surface area contributed by atoms with E-state index in [1.54, 1.807) is 0 Å². The Labute approximate surface area is 125 Å². The zero-order chi connectivity index (χ0) is 12.7. The van der Waals surface area contributed by atoms with Crippen LogP contribution in [0, 0.1) is 11.8 Å². The molecule has 2 fully saturated rings. The van der Waals surface area contributed by atoms with Crippen molar-refractivity contribution in [1.29, 1.82) is 0 Å². The zero-order valence-electron chi connectivity index (χ0n) is 10.5. The average Bonchev–Trinajstić information content (AvgIpc) is 2.95.